The van der Waals surface area contributed by atoms with Crippen LogP contribution < -0.4 is 11.4 Å². The molecule has 152 valence electrons. The van der Waals surface area contributed by atoms with Crippen LogP contribution in [-0.4, -0.2) is 67.3 Å². The van der Waals surface area contributed by atoms with E-state index in [1.807, 2.05) is 0 Å². The number of rotatable bonds is 9. The molecule has 6 N–H and O–H groups in total. The van der Waals surface area contributed by atoms with Crippen molar-refractivity contribution >= 4 is 19.6 Å². The first-order valence-electron chi connectivity index (χ1n) is 7.80. The Morgan fingerprint density at radius 2 is 2.07 bits per heavy atom. The van der Waals surface area contributed by atoms with Crippen LogP contribution in [0, 0.1) is 0 Å². The number of aliphatic carboxylic acids is 1. The van der Waals surface area contributed by atoms with Gasteiger partial charge in [0.15, 0.2) is 6.23 Å². The Morgan fingerprint density at radius 3 is 2.70 bits per heavy atom. The number of aromatic nitrogens is 2. The van der Waals surface area contributed by atoms with Crippen LogP contribution in [0.2, 0.25) is 0 Å². The highest BCUT2D eigenvalue weighted by Gasteiger charge is 2.45. The van der Waals surface area contributed by atoms with Gasteiger partial charge in [-0.05, 0) is 12.5 Å². The van der Waals surface area contributed by atoms with E-state index in [1.54, 1.807) is 0 Å². The van der Waals surface area contributed by atoms with Crippen LogP contribution in [-0.2, 0) is 23.1 Å². The van der Waals surface area contributed by atoms with Crippen molar-refractivity contribution in [2.45, 2.75) is 37.4 Å². The van der Waals surface area contributed by atoms with Crippen molar-refractivity contribution in [3.8, 4) is 0 Å². The van der Waals surface area contributed by atoms with Gasteiger partial charge in [0.25, 0.3) is 0 Å². The fraction of sp³-hybridized carbons (Fsp3) is 0.615. The van der Waals surface area contributed by atoms with Gasteiger partial charge in [-0.3, -0.25) is 18.4 Å². The number of carboxylic acids is 1. The number of aliphatic hydroxyl groups excluding tert-OH is 2. The van der Waals surface area contributed by atoms with Gasteiger partial charge in [-0.15, -0.1) is 0 Å². The Morgan fingerprint density at radius 1 is 1.37 bits per heavy atom. The number of aliphatic hydroxyl groups is 2. The second-order valence-electron chi connectivity index (χ2n) is 5.68. The summed E-state index contributed by atoms with van der Waals surface area (Å²) in [6.45, 7) is -0.954. The van der Waals surface area contributed by atoms with Crippen molar-refractivity contribution in [2.75, 3.05) is 18.9 Å². The van der Waals surface area contributed by atoms with Crippen LogP contribution in [0.15, 0.2) is 17.1 Å². The lowest BCUT2D eigenvalue weighted by molar-refractivity contribution is -0.137. The molecular weight excluding hydrogens is 389 g/mol. The van der Waals surface area contributed by atoms with Crippen LogP contribution in [0.3, 0.4) is 0 Å². The van der Waals surface area contributed by atoms with Gasteiger partial charge in [0.1, 0.15) is 24.1 Å². The lowest BCUT2D eigenvalue weighted by atomic mass is 10.1. The Labute approximate surface area is 152 Å². The molecule has 0 spiro atoms. The molecule has 0 bridgehead atoms. The average Bonchev–Trinajstić information content (AvgIpc) is 2.85. The number of phosphoric ester groups is 1. The molecule has 1 aliphatic heterocycles. The largest absolute Gasteiger partial charge is 0.481 e. The van der Waals surface area contributed by atoms with Gasteiger partial charge in [-0.1, -0.05) is 0 Å². The van der Waals surface area contributed by atoms with Crippen molar-refractivity contribution in [3.63, 3.8) is 0 Å². The van der Waals surface area contributed by atoms with Crippen LogP contribution in [0.5, 0.6) is 0 Å². The fourth-order valence-corrected chi connectivity index (χ4v) is 3.09. The maximum absolute atomic E-state index is 11.8. The predicted octanol–water partition coefficient (Wildman–Crippen LogP) is -1.56. The normalized spacial score (nSPS) is 27.4. The zero-order valence-electron chi connectivity index (χ0n) is 13.9. The van der Waals surface area contributed by atoms with Gasteiger partial charge in [-0.2, -0.15) is 4.98 Å². The highest BCUT2D eigenvalue weighted by molar-refractivity contribution is 7.47. The van der Waals surface area contributed by atoms with Crippen LogP contribution in [0.4, 0.5) is 5.82 Å². The first-order valence-corrected chi connectivity index (χ1v) is 9.30. The molecule has 1 aliphatic rings. The third kappa shape index (κ3) is 5.81. The first-order chi connectivity index (χ1) is 12.6. The Bertz CT molecular complexity index is 771. The molecule has 0 aromatic carbocycles. The third-order valence-electron chi connectivity index (χ3n) is 3.65. The minimum atomic E-state index is -4.52. The molecule has 0 saturated carbocycles. The lowest BCUT2D eigenvalue weighted by Gasteiger charge is -2.17. The smallest absolute Gasteiger partial charge is 0.472 e. The molecule has 2 rings (SSSR count). The molecule has 0 amide bonds. The number of carboxylic acid groups (broad SMARTS) is 1. The summed E-state index contributed by atoms with van der Waals surface area (Å²) in [7, 11) is -4.52. The topological polar surface area (TPSA) is 204 Å². The number of nitrogens with zero attached hydrogens (tertiary/aromatic N) is 2. The van der Waals surface area contributed by atoms with Gasteiger partial charge in [0.2, 0.25) is 0 Å². The molecule has 1 fully saturated rings. The Hall–Kier alpha value is -1.86. The summed E-state index contributed by atoms with van der Waals surface area (Å²) in [5, 5.41) is 28.6. The number of phosphoric acid groups is 1. The maximum atomic E-state index is 11.8. The van der Waals surface area contributed by atoms with Crippen LogP contribution in [0.1, 0.15) is 19.1 Å². The SMILES string of the molecule is Nc1ccn(C2O[C@H](COP(=O)(O)OCCCC(=O)O)[C@@H](O)[C@@H]2O)c(=O)n1. The summed E-state index contributed by atoms with van der Waals surface area (Å²) in [5.41, 5.74) is 4.56. The summed E-state index contributed by atoms with van der Waals surface area (Å²) >= 11 is 0. The van der Waals surface area contributed by atoms with Crippen LogP contribution >= 0.6 is 7.82 Å². The van der Waals surface area contributed by atoms with Crippen molar-refractivity contribution in [3.05, 3.63) is 22.7 Å². The van der Waals surface area contributed by atoms with E-state index in [2.05, 4.69) is 9.51 Å². The second kappa shape index (κ2) is 8.89. The molecule has 0 radical (unpaired) electrons. The van der Waals surface area contributed by atoms with Gasteiger partial charge >= 0.3 is 19.5 Å². The fourth-order valence-electron chi connectivity index (χ4n) is 2.32. The van der Waals surface area contributed by atoms with Gasteiger partial charge < -0.3 is 30.7 Å². The van der Waals surface area contributed by atoms with E-state index < -0.39 is 50.6 Å². The number of anilines is 1. The third-order valence-corrected chi connectivity index (χ3v) is 4.64. The molecular formula is C13H20N3O10P. The summed E-state index contributed by atoms with van der Waals surface area (Å²) in [5.74, 6) is -1.12. The highest BCUT2D eigenvalue weighted by Crippen LogP contribution is 2.44. The maximum Gasteiger partial charge on any atom is 0.472 e. The number of nitrogen functional groups attached to an aromatic ring is 1. The highest BCUT2D eigenvalue weighted by atomic mass is 31.2. The molecule has 1 aromatic heterocycles. The van der Waals surface area contributed by atoms with Gasteiger partial charge in [0.05, 0.1) is 13.2 Å². The Kier molecular flexibility index (Phi) is 7.06. The monoisotopic (exact) mass is 409 g/mol. The molecule has 1 aromatic rings. The molecule has 5 atom stereocenters. The summed E-state index contributed by atoms with van der Waals surface area (Å²) in [6.07, 6.45) is -4.62. The molecule has 1 saturated heterocycles. The van der Waals surface area contributed by atoms with Crippen molar-refractivity contribution in [2.24, 2.45) is 0 Å². The first kappa shape index (κ1) is 21.4. The molecule has 13 nitrogen and oxygen atoms in total. The zero-order chi connectivity index (χ0) is 20.2. The van der Waals surface area contributed by atoms with E-state index in [-0.39, 0.29) is 25.3 Å². The number of ether oxygens (including phenoxy) is 1. The Balaban J connectivity index is 1.92. The van der Waals surface area contributed by atoms with E-state index in [0.717, 1.165) is 4.57 Å². The molecule has 27 heavy (non-hydrogen) atoms. The van der Waals surface area contributed by atoms with Crippen molar-refractivity contribution in [1.29, 1.82) is 0 Å². The average molecular weight is 409 g/mol. The number of hydrogen-bond donors (Lipinski definition) is 5. The standard InChI is InChI=1S/C13H20N3O10P/c14-8-3-4-16(13(21)15-8)12-11(20)10(19)7(26-12)6-25-27(22,23)24-5-1-2-9(17)18/h3-4,7,10-12,19-20H,1-2,5-6H2,(H,17,18)(H,22,23)(H2,14,15,21)/t7-,10-,11+,12?/m1/s1. The van der Waals surface area contributed by atoms with Crippen molar-refractivity contribution in [1.82, 2.24) is 9.55 Å². The molecule has 2 heterocycles. The minimum Gasteiger partial charge on any atom is -0.481 e. The lowest BCUT2D eigenvalue weighted by Crippen LogP contribution is -2.36. The number of hydrogen-bond acceptors (Lipinski definition) is 10. The molecule has 14 heteroatoms. The van der Waals surface area contributed by atoms with Gasteiger partial charge in [0, 0.05) is 12.6 Å². The minimum absolute atomic E-state index is 0.000357. The van der Waals surface area contributed by atoms with E-state index in [0.29, 0.717) is 0 Å². The van der Waals surface area contributed by atoms with Gasteiger partial charge in [-0.25, -0.2) is 9.36 Å². The summed E-state index contributed by atoms with van der Waals surface area (Å²) in [6, 6.07) is 1.29. The second-order valence-corrected chi connectivity index (χ2v) is 7.14. The van der Waals surface area contributed by atoms with E-state index >= 15 is 0 Å². The van der Waals surface area contributed by atoms with E-state index in [4.69, 9.17) is 20.1 Å². The number of nitrogens with two attached hydrogens (primary N) is 1. The quantitative estimate of drug-likeness (QED) is 0.232. The van der Waals surface area contributed by atoms with Crippen LogP contribution in [0.25, 0.3) is 0 Å². The van der Waals surface area contributed by atoms with E-state index in [1.165, 1.54) is 12.3 Å². The predicted molar refractivity (Wildman–Crippen MR) is 87.4 cm³/mol. The summed E-state index contributed by atoms with van der Waals surface area (Å²) < 4.78 is 27.3. The molecule has 2 unspecified atom stereocenters. The zero-order valence-corrected chi connectivity index (χ0v) is 14.8. The van der Waals surface area contributed by atoms with Crippen molar-refractivity contribution < 1.29 is 43.4 Å². The number of carbonyl (C=O) groups is 1. The van der Waals surface area contributed by atoms with E-state index in [9.17, 15) is 29.3 Å². The molecule has 0 aliphatic carbocycles. The summed E-state index contributed by atoms with van der Waals surface area (Å²) in [4.78, 5) is 35.2.